The van der Waals surface area contributed by atoms with Gasteiger partial charge in [-0.15, -0.1) is 11.3 Å². The van der Waals surface area contributed by atoms with Gasteiger partial charge in [0, 0.05) is 16.1 Å². The van der Waals surface area contributed by atoms with Crippen LogP contribution in [-0.4, -0.2) is 35.8 Å². The van der Waals surface area contributed by atoms with Crippen molar-refractivity contribution < 1.29 is 23.9 Å². The summed E-state index contributed by atoms with van der Waals surface area (Å²) < 4.78 is 4.65. The van der Waals surface area contributed by atoms with Crippen LogP contribution in [-0.2, 0) is 14.3 Å². The molecule has 0 spiro atoms. The first-order valence-corrected chi connectivity index (χ1v) is 11.5. The number of rotatable bonds is 6. The van der Waals surface area contributed by atoms with Crippen molar-refractivity contribution in [1.29, 1.82) is 0 Å². The summed E-state index contributed by atoms with van der Waals surface area (Å²) in [5.41, 5.74) is 2.14. The van der Waals surface area contributed by atoms with Gasteiger partial charge in [-0.25, -0.2) is 14.7 Å². The molecule has 178 valence electrons. The molecule has 2 heterocycles. The summed E-state index contributed by atoms with van der Waals surface area (Å²) in [6.07, 6.45) is 0. The zero-order valence-electron chi connectivity index (χ0n) is 18.8. The van der Waals surface area contributed by atoms with Crippen molar-refractivity contribution in [3.8, 4) is 0 Å². The maximum Gasteiger partial charge on any atom is 0.337 e. The van der Waals surface area contributed by atoms with Gasteiger partial charge in [-0.3, -0.25) is 19.7 Å². The Labute approximate surface area is 209 Å². The van der Waals surface area contributed by atoms with Gasteiger partial charge in [0.15, 0.2) is 5.13 Å². The Balaban J connectivity index is 1.46. The Morgan fingerprint density at radius 3 is 2.17 bits per heavy atom. The predicted octanol–water partition coefficient (Wildman–Crippen LogP) is 4.23. The summed E-state index contributed by atoms with van der Waals surface area (Å²) in [6.45, 7) is 3.80. The second-order valence-corrected chi connectivity index (χ2v) is 9.07. The van der Waals surface area contributed by atoms with E-state index in [-0.39, 0.29) is 27.9 Å². The predicted molar refractivity (Wildman–Crippen MR) is 133 cm³/mol. The number of imide groups is 1. The molecule has 0 saturated carbocycles. The molecule has 0 unspecified atom stereocenters. The van der Waals surface area contributed by atoms with E-state index < -0.39 is 17.8 Å². The monoisotopic (exact) mass is 510 g/mol. The SMILES string of the molecule is COC(=O)c1ccc(N2C(=O)C(Cl)=C(Nc3ccc(C(=O)Nc4nc(C)c(C)s4)cc3)C2=O)cc1. The fourth-order valence-corrected chi connectivity index (χ4v) is 4.28. The molecule has 0 aliphatic carbocycles. The van der Waals surface area contributed by atoms with Gasteiger partial charge in [0.25, 0.3) is 17.7 Å². The highest BCUT2D eigenvalue weighted by atomic mass is 35.5. The third-order valence-electron chi connectivity index (χ3n) is 5.24. The van der Waals surface area contributed by atoms with Gasteiger partial charge in [-0.2, -0.15) is 0 Å². The minimum atomic E-state index is -0.699. The lowest BCUT2D eigenvalue weighted by molar-refractivity contribution is -0.120. The lowest BCUT2D eigenvalue weighted by Crippen LogP contribution is -2.32. The van der Waals surface area contributed by atoms with Gasteiger partial charge in [0.2, 0.25) is 0 Å². The number of nitrogens with zero attached hydrogens (tertiary/aromatic N) is 2. The van der Waals surface area contributed by atoms with Crippen molar-refractivity contribution in [3.05, 3.63) is 81.0 Å². The van der Waals surface area contributed by atoms with Gasteiger partial charge in [0.05, 0.1) is 24.1 Å². The zero-order valence-corrected chi connectivity index (χ0v) is 20.4. The molecule has 2 aromatic carbocycles. The minimum Gasteiger partial charge on any atom is -0.465 e. The molecular weight excluding hydrogens is 492 g/mol. The average Bonchev–Trinajstić information content (AvgIpc) is 3.28. The molecule has 2 N–H and O–H groups in total. The lowest BCUT2D eigenvalue weighted by Gasteiger charge is -2.15. The molecule has 3 amide bonds. The standard InChI is InChI=1S/C24H19ClN4O5S/c1-12-13(2)35-24(26-12)28-20(30)14-4-8-16(9-5-14)27-19-18(25)21(31)29(22(19)32)17-10-6-15(7-11-17)23(33)34-3/h4-11,27H,1-3H3,(H,26,28,30). The first-order chi connectivity index (χ1) is 16.7. The number of amides is 3. The largest absolute Gasteiger partial charge is 0.465 e. The van der Waals surface area contributed by atoms with Crippen LogP contribution >= 0.6 is 22.9 Å². The number of anilines is 3. The summed E-state index contributed by atoms with van der Waals surface area (Å²) in [7, 11) is 1.26. The highest BCUT2D eigenvalue weighted by Gasteiger charge is 2.39. The summed E-state index contributed by atoms with van der Waals surface area (Å²) in [5.74, 6) is -2.21. The smallest absolute Gasteiger partial charge is 0.337 e. The number of ether oxygens (including phenoxy) is 1. The van der Waals surface area contributed by atoms with Crippen LogP contribution in [0.25, 0.3) is 0 Å². The van der Waals surface area contributed by atoms with Crippen molar-refractivity contribution in [2.45, 2.75) is 13.8 Å². The molecule has 0 atom stereocenters. The van der Waals surface area contributed by atoms with Crippen LogP contribution in [0.15, 0.2) is 59.3 Å². The van der Waals surface area contributed by atoms with Gasteiger partial charge in [-0.05, 0) is 62.4 Å². The van der Waals surface area contributed by atoms with Crippen LogP contribution < -0.4 is 15.5 Å². The van der Waals surface area contributed by atoms with Crippen LogP contribution in [0.3, 0.4) is 0 Å². The number of hydrogen-bond acceptors (Lipinski definition) is 8. The molecule has 1 aliphatic heterocycles. The first kappa shape index (κ1) is 24.1. The van der Waals surface area contributed by atoms with E-state index in [9.17, 15) is 19.2 Å². The Hall–Kier alpha value is -4.02. The number of carbonyl (C=O) groups is 4. The van der Waals surface area contributed by atoms with Crippen LogP contribution in [0, 0.1) is 13.8 Å². The van der Waals surface area contributed by atoms with Crippen molar-refractivity contribution in [2.24, 2.45) is 0 Å². The number of carbonyl (C=O) groups excluding carboxylic acids is 4. The summed E-state index contributed by atoms with van der Waals surface area (Å²) in [5, 5.41) is 5.85. The number of aryl methyl sites for hydroxylation is 2. The molecular formula is C24H19ClN4O5S. The molecule has 1 aliphatic rings. The van der Waals surface area contributed by atoms with E-state index in [0.717, 1.165) is 15.5 Å². The van der Waals surface area contributed by atoms with Gasteiger partial charge < -0.3 is 10.1 Å². The highest BCUT2D eigenvalue weighted by molar-refractivity contribution is 7.15. The van der Waals surface area contributed by atoms with E-state index in [4.69, 9.17) is 11.6 Å². The van der Waals surface area contributed by atoms with Crippen LogP contribution in [0.2, 0.25) is 0 Å². The maximum absolute atomic E-state index is 13.0. The number of hydrogen-bond donors (Lipinski definition) is 2. The lowest BCUT2D eigenvalue weighted by atomic mass is 10.2. The van der Waals surface area contributed by atoms with E-state index in [2.05, 4.69) is 20.4 Å². The maximum atomic E-state index is 13.0. The topological polar surface area (TPSA) is 118 Å². The molecule has 0 fully saturated rings. The average molecular weight is 511 g/mol. The third-order valence-corrected chi connectivity index (χ3v) is 6.58. The number of methoxy groups -OCH3 is 1. The van der Waals surface area contributed by atoms with Crippen molar-refractivity contribution in [2.75, 3.05) is 22.6 Å². The number of halogens is 1. The Morgan fingerprint density at radius 1 is 0.971 bits per heavy atom. The van der Waals surface area contributed by atoms with Gasteiger partial charge >= 0.3 is 5.97 Å². The quantitative estimate of drug-likeness (QED) is 0.376. The molecule has 0 radical (unpaired) electrons. The van der Waals surface area contributed by atoms with E-state index in [1.165, 1.54) is 42.7 Å². The molecule has 1 aromatic heterocycles. The Bertz CT molecular complexity index is 1360. The van der Waals surface area contributed by atoms with Crippen LogP contribution in [0.4, 0.5) is 16.5 Å². The van der Waals surface area contributed by atoms with Crippen LogP contribution in [0.1, 0.15) is 31.3 Å². The summed E-state index contributed by atoms with van der Waals surface area (Å²) in [6, 6.07) is 12.1. The van der Waals surface area contributed by atoms with Crippen molar-refractivity contribution in [1.82, 2.24) is 4.98 Å². The number of thiazole rings is 1. The van der Waals surface area contributed by atoms with Gasteiger partial charge in [0.1, 0.15) is 10.7 Å². The number of aromatic nitrogens is 1. The number of nitrogens with one attached hydrogen (secondary N) is 2. The van der Waals surface area contributed by atoms with E-state index in [1.807, 2.05) is 13.8 Å². The molecule has 0 saturated heterocycles. The third kappa shape index (κ3) is 4.79. The minimum absolute atomic E-state index is 0.0975. The van der Waals surface area contributed by atoms with E-state index >= 15 is 0 Å². The Morgan fingerprint density at radius 2 is 1.60 bits per heavy atom. The fraction of sp³-hybridized carbons (Fsp3) is 0.125. The molecule has 9 nitrogen and oxygen atoms in total. The molecule has 0 bridgehead atoms. The zero-order chi connectivity index (χ0) is 25.3. The molecule has 4 rings (SSSR count). The van der Waals surface area contributed by atoms with Crippen molar-refractivity contribution >= 4 is 63.1 Å². The summed E-state index contributed by atoms with van der Waals surface area (Å²) in [4.78, 5) is 55.9. The second kappa shape index (κ2) is 9.69. The fourth-order valence-electron chi connectivity index (χ4n) is 3.26. The number of benzene rings is 2. The number of esters is 1. The second-order valence-electron chi connectivity index (χ2n) is 7.49. The normalized spacial score (nSPS) is 13.3. The first-order valence-electron chi connectivity index (χ1n) is 10.3. The molecule has 3 aromatic rings. The molecule has 35 heavy (non-hydrogen) atoms. The van der Waals surface area contributed by atoms with Gasteiger partial charge in [-0.1, -0.05) is 11.6 Å². The van der Waals surface area contributed by atoms with E-state index in [1.54, 1.807) is 24.3 Å². The van der Waals surface area contributed by atoms with Crippen LogP contribution in [0.5, 0.6) is 0 Å². The molecule has 11 heteroatoms. The summed E-state index contributed by atoms with van der Waals surface area (Å²) >= 11 is 7.56. The Kier molecular flexibility index (Phi) is 6.68. The van der Waals surface area contributed by atoms with E-state index in [0.29, 0.717) is 16.4 Å². The highest BCUT2D eigenvalue weighted by Crippen LogP contribution is 2.30. The van der Waals surface area contributed by atoms with Crippen molar-refractivity contribution in [3.63, 3.8) is 0 Å².